The maximum absolute atomic E-state index is 8.74. The Kier molecular flexibility index (Phi) is 3.44. The van der Waals surface area contributed by atoms with Crippen molar-refractivity contribution in [2.75, 3.05) is 13.2 Å². The lowest BCUT2D eigenvalue weighted by atomic mass is 10.1. The van der Waals surface area contributed by atoms with Gasteiger partial charge >= 0.3 is 0 Å². The zero-order chi connectivity index (χ0) is 10.7. The Morgan fingerprint density at radius 2 is 1.93 bits per heavy atom. The number of hydrogen-bond donors (Lipinski definition) is 2. The van der Waals surface area contributed by atoms with Crippen molar-refractivity contribution in [3.63, 3.8) is 0 Å². The molecule has 2 N–H and O–H groups in total. The second-order valence-corrected chi connectivity index (χ2v) is 5.01. The molecule has 1 aliphatic rings. The fourth-order valence-corrected chi connectivity index (χ4v) is 2.13. The quantitative estimate of drug-likeness (QED) is 0.805. The van der Waals surface area contributed by atoms with Crippen LogP contribution >= 0.6 is 15.9 Å². The first-order valence-electron chi connectivity index (χ1n) is 5.39. The highest BCUT2D eigenvalue weighted by Gasteiger charge is 2.43. The van der Waals surface area contributed by atoms with E-state index in [2.05, 4.69) is 45.5 Å². The van der Waals surface area contributed by atoms with Crippen LogP contribution in [-0.2, 0) is 5.54 Å². The van der Waals surface area contributed by atoms with Gasteiger partial charge in [0.15, 0.2) is 0 Å². The Labute approximate surface area is 98.8 Å². The Morgan fingerprint density at radius 1 is 1.27 bits per heavy atom. The van der Waals surface area contributed by atoms with Gasteiger partial charge in [-0.2, -0.15) is 0 Å². The molecule has 1 fully saturated rings. The number of aliphatic hydroxyl groups is 1. The average molecular weight is 270 g/mol. The molecule has 1 aliphatic carbocycles. The van der Waals surface area contributed by atoms with Crippen LogP contribution in [0.15, 0.2) is 28.7 Å². The maximum atomic E-state index is 8.74. The van der Waals surface area contributed by atoms with E-state index in [1.165, 1.54) is 18.4 Å². The van der Waals surface area contributed by atoms with Crippen molar-refractivity contribution in [2.24, 2.45) is 0 Å². The molecule has 1 aromatic rings. The number of aliphatic hydroxyl groups excluding tert-OH is 1. The van der Waals surface area contributed by atoms with E-state index in [1.807, 2.05) is 0 Å². The fraction of sp³-hybridized carbons (Fsp3) is 0.500. The molecule has 0 heterocycles. The molecule has 15 heavy (non-hydrogen) atoms. The Morgan fingerprint density at radius 3 is 2.47 bits per heavy atom. The van der Waals surface area contributed by atoms with Gasteiger partial charge in [-0.25, -0.2) is 0 Å². The molecule has 0 aromatic heterocycles. The molecule has 0 saturated heterocycles. The Balaban J connectivity index is 1.99. The van der Waals surface area contributed by atoms with E-state index in [-0.39, 0.29) is 12.1 Å². The summed E-state index contributed by atoms with van der Waals surface area (Å²) in [5.74, 6) is 0. The summed E-state index contributed by atoms with van der Waals surface area (Å²) in [5.41, 5.74) is 1.57. The van der Waals surface area contributed by atoms with Crippen LogP contribution in [0.4, 0.5) is 0 Å². The topological polar surface area (TPSA) is 32.3 Å². The van der Waals surface area contributed by atoms with Crippen molar-refractivity contribution in [1.82, 2.24) is 5.32 Å². The van der Waals surface area contributed by atoms with Gasteiger partial charge in [0.2, 0.25) is 0 Å². The summed E-state index contributed by atoms with van der Waals surface area (Å²) < 4.78 is 1.12. The predicted molar refractivity (Wildman–Crippen MR) is 64.8 cm³/mol. The minimum atomic E-state index is 0.204. The zero-order valence-corrected chi connectivity index (χ0v) is 10.3. The summed E-state index contributed by atoms with van der Waals surface area (Å²) in [7, 11) is 0. The molecule has 2 nitrogen and oxygen atoms in total. The van der Waals surface area contributed by atoms with Crippen LogP contribution < -0.4 is 5.32 Å². The van der Waals surface area contributed by atoms with Gasteiger partial charge in [0.25, 0.3) is 0 Å². The lowest BCUT2D eigenvalue weighted by molar-refractivity contribution is 0.282. The molecule has 0 bridgehead atoms. The number of halogens is 1. The predicted octanol–water partition coefficient (Wildman–Crippen LogP) is 2.41. The summed E-state index contributed by atoms with van der Waals surface area (Å²) in [6, 6.07) is 8.51. The van der Waals surface area contributed by atoms with Gasteiger partial charge in [-0.1, -0.05) is 28.1 Å². The highest BCUT2D eigenvalue weighted by molar-refractivity contribution is 9.10. The normalized spacial score (nSPS) is 17.7. The van der Waals surface area contributed by atoms with E-state index in [0.717, 1.165) is 17.4 Å². The number of rotatable bonds is 5. The molecule has 2 rings (SSSR count). The van der Waals surface area contributed by atoms with Crippen LogP contribution in [0.5, 0.6) is 0 Å². The number of benzene rings is 1. The summed E-state index contributed by atoms with van der Waals surface area (Å²) in [6.45, 7) is 1.16. The minimum Gasteiger partial charge on any atom is -0.396 e. The minimum absolute atomic E-state index is 0.204. The van der Waals surface area contributed by atoms with Gasteiger partial charge in [0.05, 0.1) is 0 Å². The standard InChI is InChI=1S/C12H16BrNO/c13-11-4-2-10(3-5-11)12(6-7-12)14-8-1-9-15/h2-5,14-15H,1,6-9H2. The van der Waals surface area contributed by atoms with Gasteiger partial charge in [-0.15, -0.1) is 0 Å². The molecule has 0 spiro atoms. The maximum Gasteiger partial charge on any atom is 0.0443 e. The van der Waals surface area contributed by atoms with Crippen LogP contribution in [0.2, 0.25) is 0 Å². The monoisotopic (exact) mass is 269 g/mol. The summed E-state index contributed by atoms with van der Waals surface area (Å²) in [6.07, 6.45) is 3.25. The molecule has 82 valence electrons. The van der Waals surface area contributed by atoms with E-state index in [4.69, 9.17) is 5.11 Å². The SMILES string of the molecule is OCCCNC1(c2ccc(Br)cc2)CC1. The van der Waals surface area contributed by atoms with Crippen molar-refractivity contribution in [2.45, 2.75) is 24.8 Å². The first-order chi connectivity index (χ1) is 7.27. The van der Waals surface area contributed by atoms with Crippen molar-refractivity contribution in [3.05, 3.63) is 34.3 Å². The second-order valence-electron chi connectivity index (χ2n) is 4.09. The first kappa shape index (κ1) is 11.1. The third kappa shape index (κ3) is 2.60. The van der Waals surface area contributed by atoms with Crippen LogP contribution in [0.1, 0.15) is 24.8 Å². The van der Waals surface area contributed by atoms with Gasteiger partial charge in [0, 0.05) is 16.6 Å². The van der Waals surface area contributed by atoms with Crippen LogP contribution in [-0.4, -0.2) is 18.3 Å². The molecule has 3 heteroatoms. The number of hydrogen-bond acceptors (Lipinski definition) is 2. The van der Waals surface area contributed by atoms with Crippen LogP contribution in [0, 0.1) is 0 Å². The van der Waals surface area contributed by atoms with E-state index in [0.29, 0.717) is 0 Å². The summed E-state index contributed by atoms with van der Waals surface area (Å²) >= 11 is 3.44. The van der Waals surface area contributed by atoms with Crippen molar-refractivity contribution < 1.29 is 5.11 Å². The third-order valence-electron chi connectivity index (χ3n) is 2.95. The third-order valence-corrected chi connectivity index (χ3v) is 3.47. The molecule has 0 aliphatic heterocycles. The highest BCUT2D eigenvalue weighted by Crippen LogP contribution is 2.45. The van der Waals surface area contributed by atoms with Gasteiger partial charge in [-0.3, -0.25) is 0 Å². The Bertz CT molecular complexity index is 319. The highest BCUT2D eigenvalue weighted by atomic mass is 79.9. The lowest BCUT2D eigenvalue weighted by Gasteiger charge is -2.17. The summed E-state index contributed by atoms with van der Waals surface area (Å²) in [4.78, 5) is 0. The average Bonchev–Trinajstić information content (AvgIpc) is 3.00. The molecule has 0 radical (unpaired) electrons. The van der Waals surface area contributed by atoms with Crippen LogP contribution in [0.3, 0.4) is 0 Å². The molecule has 1 saturated carbocycles. The number of nitrogens with one attached hydrogen (secondary N) is 1. The van der Waals surface area contributed by atoms with E-state index < -0.39 is 0 Å². The van der Waals surface area contributed by atoms with Gasteiger partial charge in [-0.05, 0) is 43.5 Å². The summed E-state index contributed by atoms with van der Waals surface area (Å²) in [5, 5.41) is 12.3. The van der Waals surface area contributed by atoms with Crippen molar-refractivity contribution >= 4 is 15.9 Å². The van der Waals surface area contributed by atoms with Crippen molar-refractivity contribution in [1.29, 1.82) is 0 Å². The molecule has 0 amide bonds. The van der Waals surface area contributed by atoms with Crippen LogP contribution in [0.25, 0.3) is 0 Å². The van der Waals surface area contributed by atoms with Gasteiger partial charge < -0.3 is 10.4 Å². The van der Waals surface area contributed by atoms with E-state index >= 15 is 0 Å². The largest absolute Gasteiger partial charge is 0.396 e. The van der Waals surface area contributed by atoms with E-state index in [1.54, 1.807) is 0 Å². The molecular weight excluding hydrogens is 254 g/mol. The molecule has 0 unspecified atom stereocenters. The zero-order valence-electron chi connectivity index (χ0n) is 8.67. The smallest absolute Gasteiger partial charge is 0.0443 e. The molecular formula is C12H16BrNO. The second kappa shape index (κ2) is 4.64. The molecule has 1 aromatic carbocycles. The first-order valence-corrected chi connectivity index (χ1v) is 6.18. The van der Waals surface area contributed by atoms with E-state index in [9.17, 15) is 0 Å². The lowest BCUT2D eigenvalue weighted by Crippen LogP contribution is -2.30. The van der Waals surface area contributed by atoms with Gasteiger partial charge in [0.1, 0.15) is 0 Å². The Hall–Kier alpha value is -0.380. The van der Waals surface area contributed by atoms with Crippen molar-refractivity contribution in [3.8, 4) is 0 Å². The molecule has 0 atom stereocenters. The fourth-order valence-electron chi connectivity index (χ4n) is 1.87.